The first-order valence-corrected chi connectivity index (χ1v) is 10.6. The smallest absolute Gasteiger partial charge is 0.319 e. The number of aryl methyl sites for hydroxylation is 1. The lowest BCUT2D eigenvalue weighted by Gasteiger charge is -2.17. The monoisotopic (exact) mass is 396 g/mol. The Morgan fingerprint density at radius 1 is 1.46 bits per heavy atom. The number of hydrogen-bond acceptors (Lipinski definition) is 7. The number of thioether (sulfide) groups is 1. The first-order chi connectivity index (χ1) is 12.5. The molecule has 3 rings (SSSR count). The Labute approximate surface area is 160 Å². The average molecular weight is 397 g/mol. The number of ether oxygens (including phenoxy) is 2. The molecular weight excluding hydrogens is 372 g/mol. The van der Waals surface area contributed by atoms with E-state index in [1.807, 2.05) is 6.92 Å². The van der Waals surface area contributed by atoms with Crippen LogP contribution in [0.3, 0.4) is 0 Å². The molecule has 0 unspecified atom stereocenters. The van der Waals surface area contributed by atoms with Gasteiger partial charge in [0.15, 0.2) is 5.16 Å². The molecule has 0 aromatic carbocycles. The van der Waals surface area contributed by atoms with Crippen LogP contribution in [-0.2, 0) is 27.1 Å². The minimum atomic E-state index is -0.452. The van der Waals surface area contributed by atoms with Crippen LogP contribution in [0.25, 0.3) is 10.2 Å². The largest absolute Gasteiger partial charge is 0.462 e. The molecule has 2 heterocycles. The molecular formula is C18H24N2O4S2. The third kappa shape index (κ3) is 4.29. The Kier molecular flexibility index (Phi) is 6.37. The highest BCUT2D eigenvalue weighted by Crippen LogP contribution is 2.36. The van der Waals surface area contributed by atoms with Crippen molar-refractivity contribution < 1.29 is 14.3 Å². The second-order valence-corrected chi connectivity index (χ2v) is 8.94. The van der Waals surface area contributed by atoms with Crippen LogP contribution in [0.15, 0.2) is 9.95 Å². The zero-order valence-electron chi connectivity index (χ0n) is 15.3. The minimum absolute atomic E-state index is 0.110. The molecule has 1 N–H and O–H groups in total. The summed E-state index contributed by atoms with van der Waals surface area (Å²) in [6.45, 7) is 7.10. The highest BCUT2D eigenvalue weighted by molar-refractivity contribution is 8.00. The van der Waals surface area contributed by atoms with E-state index in [2.05, 4.69) is 16.9 Å². The van der Waals surface area contributed by atoms with Gasteiger partial charge in [-0.05, 0) is 44.6 Å². The number of hydrogen-bond donors (Lipinski definition) is 1. The topological polar surface area (TPSA) is 81.3 Å². The summed E-state index contributed by atoms with van der Waals surface area (Å²) in [7, 11) is 0. The summed E-state index contributed by atoms with van der Waals surface area (Å²) in [5, 5.41) is 0.739. The Hall–Kier alpha value is -1.38. The summed E-state index contributed by atoms with van der Waals surface area (Å²) in [6, 6.07) is 0. The number of fused-ring (bicyclic) bond motifs is 3. The Balaban J connectivity index is 1.73. The maximum Gasteiger partial charge on any atom is 0.319 e. The molecule has 1 aliphatic carbocycles. The van der Waals surface area contributed by atoms with Gasteiger partial charge in [-0.3, -0.25) is 9.59 Å². The average Bonchev–Trinajstić information content (AvgIpc) is 2.96. The number of thiophene rings is 1. The Bertz CT molecular complexity index is 846. The van der Waals surface area contributed by atoms with Crippen molar-refractivity contribution in [3.63, 3.8) is 0 Å². The van der Waals surface area contributed by atoms with E-state index in [1.165, 1.54) is 16.6 Å². The van der Waals surface area contributed by atoms with E-state index in [0.29, 0.717) is 24.3 Å². The highest BCUT2D eigenvalue weighted by Gasteiger charge is 2.24. The summed E-state index contributed by atoms with van der Waals surface area (Å²) >= 11 is 2.83. The van der Waals surface area contributed by atoms with Crippen LogP contribution in [0.4, 0.5) is 0 Å². The SMILES string of the molecule is CCOCCOC(=O)[C@@H](C)Sc1nc2sc3c(c2c(=O)[nH]1)CC[C@H](C)C3. The van der Waals surface area contributed by atoms with Crippen LogP contribution in [0, 0.1) is 5.92 Å². The van der Waals surface area contributed by atoms with Crippen molar-refractivity contribution in [2.45, 2.75) is 50.4 Å². The molecule has 6 nitrogen and oxygen atoms in total. The zero-order chi connectivity index (χ0) is 18.7. The van der Waals surface area contributed by atoms with Crippen LogP contribution in [0.5, 0.6) is 0 Å². The maximum absolute atomic E-state index is 12.6. The van der Waals surface area contributed by atoms with Crippen LogP contribution in [-0.4, -0.2) is 41.0 Å². The van der Waals surface area contributed by atoms with Gasteiger partial charge in [-0.25, -0.2) is 4.98 Å². The standard InChI is InChI=1S/C18H24N2O4S2/c1-4-23-7-8-24-17(22)11(3)25-18-19-15(21)14-12-6-5-10(2)9-13(12)26-16(14)20-18/h10-11H,4-9H2,1-3H3,(H,19,20,21)/t10-,11+/m0/s1. The molecule has 0 saturated heterocycles. The van der Waals surface area contributed by atoms with Gasteiger partial charge >= 0.3 is 5.97 Å². The highest BCUT2D eigenvalue weighted by atomic mass is 32.2. The summed E-state index contributed by atoms with van der Waals surface area (Å²) in [5.41, 5.74) is 1.05. The van der Waals surface area contributed by atoms with Gasteiger partial charge in [-0.15, -0.1) is 11.3 Å². The van der Waals surface area contributed by atoms with Crippen molar-refractivity contribution in [2.75, 3.05) is 19.8 Å². The van der Waals surface area contributed by atoms with Crippen LogP contribution in [0.2, 0.25) is 0 Å². The molecule has 2 aromatic heterocycles. The predicted octanol–water partition coefficient (Wildman–Crippen LogP) is 3.17. The third-order valence-electron chi connectivity index (χ3n) is 4.44. The first-order valence-electron chi connectivity index (χ1n) is 8.95. The zero-order valence-corrected chi connectivity index (χ0v) is 16.9. The lowest BCUT2D eigenvalue weighted by atomic mass is 9.89. The number of nitrogens with zero attached hydrogens (tertiary/aromatic N) is 1. The van der Waals surface area contributed by atoms with Crippen molar-refractivity contribution in [1.29, 1.82) is 0 Å². The predicted molar refractivity (Wildman–Crippen MR) is 104 cm³/mol. The van der Waals surface area contributed by atoms with Crippen molar-refractivity contribution in [3.05, 3.63) is 20.8 Å². The normalized spacial score (nSPS) is 17.9. The molecule has 0 aliphatic heterocycles. The molecule has 0 bridgehead atoms. The van der Waals surface area contributed by atoms with E-state index >= 15 is 0 Å². The number of aromatic amines is 1. The molecule has 0 radical (unpaired) electrons. The van der Waals surface area contributed by atoms with Crippen molar-refractivity contribution in [2.24, 2.45) is 5.92 Å². The van der Waals surface area contributed by atoms with Gasteiger partial charge in [0.05, 0.1) is 12.0 Å². The first kappa shape index (κ1) is 19.4. The molecule has 0 saturated carbocycles. The summed E-state index contributed by atoms with van der Waals surface area (Å²) < 4.78 is 10.3. The van der Waals surface area contributed by atoms with Gasteiger partial charge in [0.25, 0.3) is 5.56 Å². The molecule has 2 atom stereocenters. The number of rotatable bonds is 7. The lowest BCUT2D eigenvalue weighted by molar-refractivity contribution is -0.144. The minimum Gasteiger partial charge on any atom is -0.462 e. The van der Waals surface area contributed by atoms with E-state index in [-0.39, 0.29) is 18.1 Å². The number of carbonyl (C=O) groups is 1. The molecule has 0 fully saturated rings. The van der Waals surface area contributed by atoms with E-state index in [0.717, 1.165) is 35.0 Å². The number of carbonyl (C=O) groups excluding carboxylic acids is 1. The molecule has 142 valence electrons. The molecule has 0 spiro atoms. The van der Waals surface area contributed by atoms with Gasteiger partial charge in [0.2, 0.25) is 0 Å². The van der Waals surface area contributed by atoms with Crippen LogP contribution >= 0.6 is 23.1 Å². The van der Waals surface area contributed by atoms with Gasteiger partial charge < -0.3 is 14.5 Å². The van der Waals surface area contributed by atoms with Gasteiger partial charge in [-0.1, -0.05) is 18.7 Å². The summed E-state index contributed by atoms with van der Waals surface area (Å²) in [6.07, 6.45) is 3.07. The summed E-state index contributed by atoms with van der Waals surface area (Å²) in [5.74, 6) is 0.312. The Morgan fingerprint density at radius 3 is 3.04 bits per heavy atom. The van der Waals surface area contributed by atoms with E-state index in [1.54, 1.807) is 18.3 Å². The van der Waals surface area contributed by atoms with Crippen molar-refractivity contribution in [1.82, 2.24) is 9.97 Å². The van der Waals surface area contributed by atoms with Crippen LogP contribution in [0.1, 0.15) is 37.6 Å². The van der Waals surface area contributed by atoms with E-state index in [9.17, 15) is 9.59 Å². The quantitative estimate of drug-likeness (QED) is 0.335. The number of esters is 1. The fraction of sp³-hybridized carbons (Fsp3) is 0.611. The molecule has 8 heteroatoms. The van der Waals surface area contributed by atoms with E-state index < -0.39 is 5.25 Å². The second-order valence-electron chi connectivity index (χ2n) is 6.53. The fourth-order valence-corrected chi connectivity index (χ4v) is 5.30. The lowest BCUT2D eigenvalue weighted by Crippen LogP contribution is -2.20. The fourth-order valence-electron chi connectivity index (χ4n) is 3.06. The Morgan fingerprint density at radius 2 is 2.27 bits per heavy atom. The van der Waals surface area contributed by atoms with Crippen molar-refractivity contribution in [3.8, 4) is 0 Å². The van der Waals surface area contributed by atoms with Gasteiger partial charge in [0.1, 0.15) is 16.7 Å². The number of aromatic nitrogens is 2. The molecule has 1 aliphatic rings. The maximum atomic E-state index is 12.6. The molecule has 2 aromatic rings. The van der Waals surface area contributed by atoms with E-state index in [4.69, 9.17) is 9.47 Å². The van der Waals surface area contributed by atoms with Crippen molar-refractivity contribution >= 4 is 39.3 Å². The van der Waals surface area contributed by atoms with Gasteiger partial charge in [-0.2, -0.15) is 0 Å². The number of H-pyrrole nitrogens is 1. The number of nitrogens with one attached hydrogen (secondary N) is 1. The molecule has 0 amide bonds. The second kappa shape index (κ2) is 8.54. The van der Waals surface area contributed by atoms with Gasteiger partial charge in [0, 0.05) is 11.5 Å². The van der Waals surface area contributed by atoms with Crippen LogP contribution < -0.4 is 5.56 Å². The molecule has 26 heavy (non-hydrogen) atoms. The third-order valence-corrected chi connectivity index (χ3v) is 6.55. The summed E-state index contributed by atoms with van der Waals surface area (Å²) in [4.78, 5) is 34.1.